The molecule has 0 aliphatic rings. The molecule has 0 aliphatic heterocycles. The first-order valence-corrected chi connectivity index (χ1v) is 3.36. The standard InChI is InChI=1S/C7H6BrO/c1-5-4-6(8)2-3-7(5)9/h2,4,9H,1H3. The molecule has 2 heteroatoms. The van der Waals surface area contributed by atoms with Crippen LogP contribution in [0.3, 0.4) is 0 Å². The summed E-state index contributed by atoms with van der Waals surface area (Å²) >= 11 is 3.25. The smallest absolute Gasteiger partial charge is 0.126 e. The van der Waals surface area contributed by atoms with E-state index in [1.807, 2.05) is 13.0 Å². The Kier molecular flexibility index (Phi) is 1.76. The third kappa shape index (κ3) is 1.45. The molecular weight excluding hydrogens is 180 g/mol. The van der Waals surface area contributed by atoms with Gasteiger partial charge in [0.2, 0.25) is 0 Å². The van der Waals surface area contributed by atoms with E-state index < -0.39 is 0 Å². The van der Waals surface area contributed by atoms with Crippen molar-refractivity contribution < 1.29 is 5.11 Å². The van der Waals surface area contributed by atoms with Gasteiger partial charge in [0.25, 0.3) is 0 Å². The predicted molar refractivity (Wildman–Crippen MR) is 39.4 cm³/mol. The quantitative estimate of drug-likeness (QED) is 0.658. The molecule has 0 aromatic heterocycles. The van der Waals surface area contributed by atoms with Crippen molar-refractivity contribution in [2.24, 2.45) is 0 Å². The lowest BCUT2D eigenvalue weighted by molar-refractivity contribution is 0.470. The minimum absolute atomic E-state index is 0.221. The fourth-order valence-electron chi connectivity index (χ4n) is 0.568. The molecule has 1 aromatic rings. The lowest BCUT2D eigenvalue weighted by atomic mass is 10.2. The second-order valence-corrected chi connectivity index (χ2v) is 2.77. The van der Waals surface area contributed by atoms with Crippen LogP contribution >= 0.6 is 15.9 Å². The summed E-state index contributed by atoms with van der Waals surface area (Å²) in [7, 11) is 0. The van der Waals surface area contributed by atoms with Crippen molar-refractivity contribution in [3.05, 3.63) is 28.2 Å². The number of phenolic OH excluding ortho intramolecular Hbond substituents is 1. The van der Waals surface area contributed by atoms with Crippen LogP contribution in [-0.2, 0) is 0 Å². The zero-order valence-electron chi connectivity index (χ0n) is 4.98. The molecule has 1 radical (unpaired) electrons. The number of halogens is 1. The minimum Gasteiger partial charge on any atom is -0.507 e. The summed E-state index contributed by atoms with van der Waals surface area (Å²) in [6, 6.07) is 6.20. The lowest BCUT2D eigenvalue weighted by Crippen LogP contribution is -1.72. The highest BCUT2D eigenvalue weighted by Crippen LogP contribution is 2.19. The van der Waals surface area contributed by atoms with E-state index in [0.29, 0.717) is 0 Å². The number of aromatic hydroxyl groups is 1. The summed E-state index contributed by atoms with van der Waals surface area (Å²) in [6.07, 6.45) is 0. The molecule has 0 atom stereocenters. The lowest BCUT2D eigenvalue weighted by Gasteiger charge is -1.95. The van der Waals surface area contributed by atoms with Gasteiger partial charge in [-0.15, -0.1) is 0 Å². The van der Waals surface area contributed by atoms with Crippen LogP contribution in [-0.4, -0.2) is 5.11 Å². The first-order valence-electron chi connectivity index (χ1n) is 2.57. The van der Waals surface area contributed by atoms with Crippen molar-refractivity contribution in [2.45, 2.75) is 6.92 Å². The Morgan fingerprint density at radius 3 is 2.78 bits per heavy atom. The summed E-state index contributed by atoms with van der Waals surface area (Å²) in [6.45, 7) is 1.83. The molecule has 0 aliphatic carbocycles. The number of hydrogen-bond acceptors (Lipinski definition) is 1. The number of phenols is 1. The highest BCUT2D eigenvalue weighted by atomic mass is 79.9. The van der Waals surface area contributed by atoms with Crippen LogP contribution in [0, 0.1) is 13.0 Å². The Morgan fingerprint density at radius 2 is 2.33 bits per heavy atom. The Morgan fingerprint density at radius 1 is 1.67 bits per heavy atom. The Balaban J connectivity index is 3.17. The van der Waals surface area contributed by atoms with Crippen LogP contribution < -0.4 is 0 Å². The van der Waals surface area contributed by atoms with Crippen LogP contribution in [0.4, 0.5) is 0 Å². The molecule has 1 aromatic carbocycles. The molecule has 0 spiro atoms. The minimum atomic E-state index is 0.221. The first-order chi connectivity index (χ1) is 4.20. The molecule has 47 valence electrons. The third-order valence-corrected chi connectivity index (χ3v) is 1.53. The van der Waals surface area contributed by atoms with Gasteiger partial charge in [0, 0.05) is 10.5 Å². The van der Waals surface area contributed by atoms with E-state index >= 15 is 0 Å². The topological polar surface area (TPSA) is 20.2 Å². The van der Waals surface area contributed by atoms with Gasteiger partial charge in [0.1, 0.15) is 5.75 Å². The van der Waals surface area contributed by atoms with Crippen molar-refractivity contribution >= 4 is 15.9 Å². The Hall–Kier alpha value is -0.500. The van der Waals surface area contributed by atoms with E-state index in [1.165, 1.54) is 0 Å². The summed E-state index contributed by atoms with van der Waals surface area (Å²) in [4.78, 5) is 0. The SMILES string of the molecule is Cc1cc(Br)c[c]c1O. The van der Waals surface area contributed by atoms with Gasteiger partial charge in [0.05, 0.1) is 0 Å². The van der Waals surface area contributed by atoms with Gasteiger partial charge in [-0.05, 0) is 24.6 Å². The molecule has 1 nitrogen and oxygen atoms in total. The van der Waals surface area contributed by atoms with Crippen molar-refractivity contribution in [3.63, 3.8) is 0 Å². The number of hydrogen-bond donors (Lipinski definition) is 1. The normalized spacial score (nSPS) is 9.56. The third-order valence-electron chi connectivity index (χ3n) is 1.07. The molecule has 0 heterocycles. The second kappa shape index (κ2) is 2.40. The fourth-order valence-corrected chi connectivity index (χ4v) is 1.03. The van der Waals surface area contributed by atoms with Gasteiger partial charge in [0.15, 0.2) is 0 Å². The fraction of sp³-hybridized carbons (Fsp3) is 0.143. The average molecular weight is 186 g/mol. The van der Waals surface area contributed by atoms with Gasteiger partial charge in [-0.1, -0.05) is 15.9 Å². The van der Waals surface area contributed by atoms with Crippen molar-refractivity contribution in [2.75, 3.05) is 0 Å². The maximum atomic E-state index is 8.97. The maximum absolute atomic E-state index is 8.97. The first kappa shape index (κ1) is 6.62. The highest BCUT2D eigenvalue weighted by molar-refractivity contribution is 9.10. The van der Waals surface area contributed by atoms with Crippen LogP contribution in [0.25, 0.3) is 0 Å². The number of aryl methyl sites for hydroxylation is 1. The summed E-state index contributed by atoms with van der Waals surface area (Å²) in [5, 5.41) is 8.97. The molecule has 1 rings (SSSR count). The predicted octanol–water partition coefficient (Wildman–Crippen LogP) is 2.26. The highest BCUT2D eigenvalue weighted by Gasteiger charge is 1.93. The summed E-state index contributed by atoms with van der Waals surface area (Å²) < 4.78 is 0.942. The van der Waals surface area contributed by atoms with Crippen LogP contribution in [0.1, 0.15) is 5.56 Å². The molecule has 0 unspecified atom stereocenters. The molecule has 0 bridgehead atoms. The number of benzene rings is 1. The van der Waals surface area contributed by atoms with E-state index in [9.17, 15) is 0 Å². The van der Waals surface area contributed by atoms with E-state index in [1.54, 1.807) is 6.07 Å². The van der Waals surface area contributed by atoms with Crippen LogP contribution in [0.2, 0.25) is 0 Å². The largest absolute Gasteiger partial charge is 0.507 e. The average Bonchev–Trinajstić information content (AvgIpc) is 1.80. The molecule has 0 fully saturated rings. The Bertz CT molecular complexity index is 220. The Labute approximate surface area is 62.5 Å². The van der Waals surface area contributed by atoms with Crippen molar-refractivity contribution in [1.29, 1.82) is 0 Å². The van der Waals surface area contributed by atoms with Gasteiger partial charge in [-0.2, -0.15) is 0 Å². The van der Waals surface area contributed by atoms with E-state index in [0.717, 1.165) is 10.0 Å². The molecular formula is C7H6BrO. The number of rotatable bonds is 0. The second-order valence-electron chi connectivity index (χ2n) is 1.85. The zero-order valence-corrected chi connectivity index (χ0v) is 6.57. The maximum Gasteiger partial charge on any atom is 0.126 e. The van der Waals surface area contributed by atoms with E-state index in [-0.39, 0.29) is 5.75 Å². The van der Waals surface area contributed by atoms with Crippen molar-refractivity contribution in [1.82, 2.24) is 0 Å². The molecule has 0 amide bonds. The van der Waals surface area contributed by atoms with E-state index in [4.69, 9.17) is 5.11 Å². The molecule has 1 N–H and O–H groups in total. The van der Waals surface area contributed by atoms with Gasteiger partial charge in [-0.3, -0.25) is 0 Å². The molecule has 0 saturated carbocycles. The summed E-state index contributed by atoms with van der Waals surface area (Å²) in [5.74, 6) is 0.221. The van der Waals surface area contributed by atoms with Gasteiger partial charge < -0.3 is 5.11 Å². The van der Waals surface area contributed by atoms with Crippen LogP contribution in [0.15, 0.2) is 16.6 Å². The van der Waals surface area contributed by atoms with Crippen LogP contribution in [0.5, 0.6) is 5.75 Å². The molecule has 0 saturated heterocycles. The van der Waals surface area contributed by atoms with Crippen molar-refractivity contribution in [3.8, 4) is 5.75 Å². The van der Waals surface area contributed by atoms with Gasteiger partial charge >= 0.3 is 0 Å². The monoisotopic (exact) mass is 185 g/mol. The zero-order chi connectivity index (χ0) is 6.85. The van der Waals surface area contributed by atoms with E-state index in [2.05, 4.69) is 22.0 Å². The summed E-state index contributed by atoms with van der Waals surface area (Å²) in [5.41, 5.74) is 0.837. The van der Waals surface area contributed by atoms with Gasteiger partial charge in [-0.25, -0.2) is 0 Å². The molecule has 9 heavy (non-hydrogen) atoms.